The van der Waals surface area contributed by atoms with Gasteiger partial charge in [0.15, 0.2) is 0 Å². The summed E-state index contributed by atoms with van der Waals surface area (Å²) in [7, 11) is 0. The first-order valence-electron chi connectivity index (χ1n) is 7.25. The minimum atomic E-state index is 0.259. The lowest BCUT2D eigenvalue weighted by molar-refractivity contribution is 0.296. The number of pyridine rings is 1. The van der Waals surface area contributed by atoms with Crippen molar-refractivity contribution in [1.29, 1.82) is 0 Å². The molecule has 1 aromatic carbocycles. The number of aliphatic hydroxyl groups excluding tert-OH is 1. The predicted molar refractivity (Wildman–Crippen MR) is 95.8 cm³/mol. The molecule has 0 saturated carbocycles. The van der Waals surface area contributed by atoms with Crippen LogP contribution in [-0.4, -0.2) is 22.5 Å². The molecule has 0 saturated heterocycles. The Balaban J connectivity index is 1.56. The van der Waals surface area contributed by atoms with Gasteiger partial charge in [-0.2, -0.15) is 0 Å². The number of anilines is 1. The number of nitrogens with zero attached hydrogens (tertiary/aromatic N) is 1. The number of hydrogen-bond donors (Lipinski definition) is 2. The van der Waals surface area contributed by atoms with Gasteiger partial charge in [0.05, 0.1) is 10.2 Å². The molecule has 0 aliphatic heterocycles. The van der Waals surface area contributed by atoms with E-state index >= 15 is 0 Å². The van der Waals surface area contributed by atoms with Gasteiger partial charge in [-0.15, -0.1) is 23.1 Å². The van der Waals surface area contributed by atoms with Crippen LogP contribution in [0.3, 0.4) is 0 Å². The summed E-state index contributed by atoms with van der Waals surface area (Å²) >= 11 is 3.50. The summed E-state index contributed by atoms with van der Waals surface area (Å²) < 4.78 is 1.23. The van der Waals surface area contributed by atoms with Gasteiger partial charge >= 0.3 is 0 Å². The molecule has 114 valence electrons. The van der Waals surface area contributed by atoms with Gasteiger partial charge in [-0.3, -0.25) is 4.98 Å². The van der Waals surface area contributed by atoms with Crippen molar-refractivity contribution in [2.24, 2.45) is 0 Å². The van der Waals surface area contributed by atoms with E-state index in [9.17, 15) is 0 Å². The highest BCUT2D eigenvalue weighted by molar-refractivity contribution is 7.99. The second-order valence-corrected chi connectivity index (χ2v) is 7.07. The molecule has 0 aliphatic rings. The molecule has 3 rings (SSSR count). The van der Waals surface area contributed by atoms with Crippen LogP contribution in [0.2, 0.25) is 0 Å². The SMILES string of the molecule is OCCCSc1ccc(NCc2cnc3ccsc3c2)cc1. The third-order valence-corrected chi connectivity index (χ3v) is 5.23. The van der Waals surface area contributed by atoms with Crippen molar-refractivity contribution in [2.45, 2.75) is 17.9 Å². The first-order chi connectivity index (χ1) is 10.8. The Kier molecular flexibility index (Phi) is 5.32. The Morgan fingerprint density at radius 2 is 2.05 bits per heavy atom. The van der Waals surface area contributed by atoms with E-state index in [1.165, 1.54) is 15.2 Å². The zero-order valence-corrected chi connectivity index (χ0v) is 13.8. The smallest absolute Gasteiger partial charge is 0.0809 e. The zero-order chi connectivity index (χ0) is 15.2. The van der Waals surface area contributed by atoms with Gasteiger partial charge in [-0.05, 0) is 53.8 Å². The van der Waals surface area contributed by atoms with Gasteiger partial charge in [0, 0.05) is 35.7 Å². The lowest BCUT2D eigenvalue weighted by Gasteiger charge is -2.07. The van der Waals surface area contributed by atoms with Crippen LogP contribution in [0.4, 0.5) is 5.69 Å². The molecule has 2 heterocycles. The fourth-order valence-electron chi connectivity index (χ4n) is 2.11. The Morgan fingerprint density at radius 3 is 2.86 bits per heavy atom. The van der Waals surface area contributed by atoms with Crippen LogP contribution in [0.25, 0.3) is 10.2 Å². The summed E-state index contributed by atoms with van der Waals surface area (Å²) in [5.74, 6) is 0.954. The van der Waals surface area contributed by atoms with E-state index in [1.54, 1.807) is 23.1 Å². The molecule has 0 fully saturated rings. The third kappa shape index (κ3) is 4.00. The second-order valence-electron chi connectivity index (χ2n) is 4.95. The van der Waals surface area contributed by atoms with Crippen LogP contribution in [0.1, 0.15) is 12.0 Å². The molecule has 2 N–H and O–H groups in total. The van der Waals surface area contributed by atoms with E-state index in [0.717, 1.165) is 29.9 Å². The molecule has 0 spiro atoms. The zero-order valence-electron chi connectivity index (χ0n) is 12.2. The maximum Gasteiger partial charge on any atom is 0.0809 e. The highest BCUT2D eigenvalue weighted by Crippen LogP contribution is 2.22. The maximum absolute atomic E-state index is 8.79. The largest absolute Gasteiger partial charge is 0.396 e. The van der Waals surface area contributed by atoms with Crippen molar-refractivity contribution in [3.8, 4) is 0 Å². The summed E-state index contributed by atoms with van der Waals surface area (Å²) in [6, 6.07) is 12.7. The van der Waals surface area contributed by atoms with E-state index in [2.05, 4.69) is 46.0 Å². The maximum atomic E-state index is 8.79. The molecule has 0 bridgehead atoms. The van der Waals surface area contributed by atoms with E-state index in [0.29, 0.717) is 0 Å². The summed E-state index contributed by atoms with van der Waals surface area (Å²) in [4.78, 5) is 5.69. The monoisotopic (exact) mass is 330 g/mol. The van der Waals surface area contributed by atoms with Crippen LogP contribution in [0.15, 0.2) is 52.9 Å². The fourth-order valence-corrected chi connectivity index (χ4v) is 3.75. The summed E-state index contributed by atoms with van der Waals surface area (Å²) in [5.41, 5.74) is 3.37. The van der Waals surface area contributed by atoms with E-state index in [-0.39, 0.29) is 6.61 Å². The Labute approximate surface area is 138 Å². The highest BCUT2D eigenvalue weighted by atomic mass is 32.2. The van der Waals surface area contributed by atoms with Crippen LogP contribution in [0.5, 0.6) is 0 Å². The average Bonchev–Trinajstić information content (AvgIpc) is 3.02. The molecule has 0 amide bonds. The van der Waals surface area contributed by atoms with Gasteiger partial charge in [0.2, 0.25) is 0 Å². The molecule has 2 aromatic heterocycles. The van der Waals surface area contributed by atoms with Crippen LogP contribution < -0.4 is 5.32 Å². The summed E-state index contributed by atoms with van der Waals surface area (Å²) in [6.45, 7) is 1.03. The highest BCUT2D eigenvalue weighted by Gasteiger charge is 2.00. The fraction of sp³-hybridized carbons (Fsp3) is 0.235. The van der Waals surface area contributed by atoms with Gasteiger partial charge in [-0.25, -0.2) is 0 Å². The molecular weight excluding hydrogens is 312 g/mol. The average molecular weight is 330 g/mol. The van der Waals surface area contributed by atoms with Crippen LogP contribution in [-0.2, 0) is 6.54 Å². The third-order valence-electron chi connectivity index (χ3n) is 3.28. The summed E-state index contributed by atoms with van der Waals surface area (Å²) in [6.07, 6.45) is 2.77. The van der Waals surface area contributed by atoms with Crippen molar-refractivity contribution in [2.75, 3.05) is 17.7 Å². The summed E-state index contributed by atoms with van der Waals surface area (Å²) in [5, 5.41) is 14.3. The van der Waals surface area contributed by atoms with Crippen molar-refractivity contribution in [3.63, 3.8) is 0 Å². The van der Waals surface area contributed by atoms with Gasteiger partial charge in [0.25, 0.3) is 0 Å². The molecular formula is C17H18N2OS2. The number of hydrogen-bond acceptors (Lipinski definition) is 5. The Hall–Kier alpha value is -1.56. The number of thioether (sulfide) groups is 1. The number of thiophene rings is 1. The van der Waals surface area contributed by atoms with Crippen molar-refractivity contribution < 1.29 is 5.11 Å². The molecule has 0 aliphatic carbocycles. The topological polar surface area (TPSA) is 45.1 Å². The predicted octanol–water partition coefficient (Wildman–Crippen LogP) is 4.38. The van der Waals surface area contributed by atoms with Gasteiger partial charge < -0.3 is 10.4 Å². The van der Waals surface area contributed by atoms with E-state index < -0.39 is 0 Å². The van der Waals surface area contributed by atoms with E-state index in [4.69, 9.17) is 5.11 Å². The standard InChI is InChI=1S/C17H18N2OS2/c20-7-1-8-21-15-4-2-14(3-5-15)18-11-13-10-17-16(19-12-13)6-9-22-17/h2-6,9-10,12,18,20H,1,7-8,11H2. The van der Waals surface area contributed by atoms with Crippen molar-refractivity contribution in [1.82, 2.24) is 4.98 Å². The minimum absolute atomic E-state index is 0.259. The number of benzene rings is 1. The Morgan fingerprint density at radius 1 is 1.18 bits per heavy atom. The molecule has 0 atom stereocenters. The van der Waals surface area contributed by atoms with Crippen molar-refractivity contribution in [3.05, 3.63) is 53.5 Å². The molecule has 0 radical (unpaired) electrons. The molecule has 22 heavy (non-hydrogen) atoms. The number of nitrogens with one attached hydrogen (secondary N) is 1. The number of fused-ring (bicyclic) bond motifs is 1. The first kappa shape index (κ1) is 15.3. The van der Waals surface area contributed by atoms with Crippen molar-refractivity contribution >= 4 is 39.0 Å². The molecule has 0 unspecified atom stereocenters. The normalized spacial score (nSPS) is 11.0. The van der Waals surface area contributed by atoms with Gasteiger partial charge in [0.1, 0.15) is 0 Å². The first-order valence-corrected chi connectivity index (χ1v) is 9.11. The number of aliphatic hydroxyl groups is 1. The molecule has 3 aromatic rings. The lowest BCUT2D eigenvalue weighted by atomic mass is 10.2. The lowest BCUT2D eigenvalue weighted by Crippen LogP contribution is -1.99. The minimum Gasteiger partial charge on any atom is -0.396 e. The van der Waals surface area contributed by atoms with Crippen LogP contribution in [0, 0.1) is 0 Å². The second kappa shape index (κ2) is 7.63. The Bertz CT molecular complexity index is 725. The molecule has 5 heteroatoms. The van der Waals surface area contributed by atoms with Gasteiger partial charge in [-0.1, -0.05) is 0 Å². The molecule has 3 nitrogen and oxygen atoms in total. The van der Waals surface area contributed by atoms with E-state index in [1.807, 2.05) is 12.3 Å². The van der Waals surface area contributed by atoms with Crippen LogP contribution >= 0.6 is 23.1 Å². The number of rotatable bonds is 7. The quantitative estimate of drug-likeness (QED) is 0.498. The number of aromatic nitrogens is 1.